The fourth-order valence-corrected chi connectivity index (χ4v) is 2.57. The van der Waals surface area contributed by atoms with Gasteiger partial charge in [0.2, 0.25) is 0 Å². The maximum atomic E-state index is 11.4. The van der Waals surface area contributed by atoms with Crippen LogP contribution in [0.2, 0.25) is 0 Å². The fraction of sp³-hybridized carbons (Fsp3) is 0.250. The summed E-state index contributed by atoms with van der Waals surface area (Å²) in [7, 11) is -2.26. The zero-order valence-electron chi connectivity index (χ0n) is 10.1. The summed E-state index contributed by atoms with van der Waals surface area (Å²) >= 11 is 0. The van der Waals surface area contributed by atoms with Crippen molar-refractivity contribution in [1.82, 2.24) is 0 Å². The molecule has 0 spiro atoms. The number of aliphatic carboxylic acids is 1. The summed E-state index contributed by atoms with van der Waals surface area (Å²) < 4.78 is 27.8. The van der Waals surface area contributed by atoms with Gasteiger partial charge < -0.3 is 9.84 Å². The summed E-state index contributed by atoms with van der Waals surface area (Å²) in [5.41, 5.74) is 0.487. The largest absolute Gasteiger partial charge is 0.497 e. The topological polar surface area (TPSA) is 80.7 Å². The second kappa shape index (κ2) is 5.22. The van der Waals surface area contributed by atoms with E-state index in [1.54, 1.807) is 24.3 Å². The van der Waals surface area contributed by atoms with Crippen LogP contribution < -0.4 is 4.74 Å². The van der Waals surface area contributed by atoms with Crippen molar-refractivity contribution in [1.29, 1.82) is 0 Å². The standard InChI is InChI=1S/C12H14O5S/c1-8(11(12(13)14)18(3,15)16)9-4-6-10(17-2)7-5-9/h4-7,11H,1H2,2-3H3,(H,13,14). The molecule has 1 atom stereocenters. The number of hydrogen-bond donors (Lipinski definition) is 1. The Morgan fingerprint density at radius 1 is 1.33 bits per heavy atom. The smallest absolute Gasteiger partial charge is 0.326 e. The van der Waals surface area contributed by atoms with Crippen LogP contribution in [0.1, 0.15) is 5.56 Å². The molecule has 98 valence electrons. The van der Waals surface area contributed by atoms with Gasteiger partial charge in [0, 0.05) is 6.26 Å². The number of carboxylic acids is 1. The molecule has 0 heterocycles. The van der Waals surface area contributed by atoms with Gasteiger partial charge in [0.1, 0.15) is 5.75 Å². The predicted octanol–water partition coefficient (Wildman–Crippen LogP) is 1.21. The Bertz CT molecular complexity index is 557. The van der Waals surface area contributed by atoms with E-state index in [4.69, 9.17) is 9.84 Å². The number of hydrogen-bond acceptors (Lipinski definition) is 4. The monoisotopic (exact) mass is 270 g/mol. The Morgan fingerprint density at radius 2 is 1.83 bits per heavy atom. The summed E-state index contributed by atoms with van der Waals surface area (Å²) in [6.07, 6.45) is 0.875. The minimum Gasteiger partial charge on any atom is -0.497 e. The first kappa shape index (κ1) is 14.2. The molecule has 1 rings (SSSR count). The Labute approximate surface area is 106 Å². The van der Waals surface area contributed by atoms with Gasteiger partial charge in [-0.3, -0.25) is 4.79 Å². The maximum absolute atomic E-state index is 11.4. The molecular formula is C12H14O5S. The van der Waals surface area contributed by atoms with Gasteiger partial charge in [-0.15, -0.1) is 0 Å². The predicted molar refractivity (Wildman–Crippen MR) is 68.3 cm³/mol. The average molecular weight is 270 g/mol. The molecule has 0 radical (unpaired) electrons. The van der Waals surface area contributed by atoms with Crippen molar-refractivity contribution in [2.75, 3.05) is 13.4 Å². The van der Waals surface area contributed by atoms with Crippen molar-refractivity contribution in [2.24, 2.45) is 0 Å². The van der Waals surface area contributed by atoms with E-state index in [2.05, 4.69) is 6.58 Å². The molecule has 1 unspecified atom stereocenters. The SMILES string of the molecule is C=C(c1ccc(OC)cc1)C(C(=O)O)S(C)(=O)=O. The van der Waals surface area contributed by atoms with Crippen LogP contribution >= 0.6 is 0 Å². The lowest BCUT2D eigenvalue weighted by Gasteiger charge is -2.14. The quantitative estimate of drug-likeness (QED) is 0.869. The van der Waals surface area contributed by atoms with Gasteiger partial charge in [-0.05, 0) is 23.3 Å². The lowest BCUT2D eigenvalue weighted by Crippen LogP contribution is -2.30. The molecule has 0 aliphatic rings. The van der Waals surface area contributed by atoms with Crippen LogP contribution in [-0.4, -0.2) is 38.1 Å². The first-order chi connectivity index (χ1) is 8.27. The maximum Gasteiger partial charge on any atom is 0.326 e. The Balaban J connectivity index is 3.14. The fourth-order valence-electron chi connectivity index (χ4n) is 1.55. The molecule has 0 aliphatic heterocycles. The zero-order valence-corrected chi connectivity index (χ0v) is 10.9. The molecule has 18 heavy (non-hydrogen) atoms. The molecule has 0 saturated carbocycles. The molecule has 1 aromatic carbocycles. The number of carbonyl (C=O) groups is 1. The third kappa shape index (κ3) is 3.10. The molecule has 0 fully saturated rings. The summed E-state index contributed by atoms with van der Waals surface area (Å²) in [5, 5.41) is 7.34. The molecule has 6 heteroatoms. The zero-order chi connectivity index (χ0) is 13.9. The second-order valence-corrected chi connectivity index (χ2v) is 5.93. The lowest BCUT2D eigenvalue weighted by molar-refractivity contribution is -0.135. The minimum absolute atomic E-state index is 0.0349. The van der Waals surface area contributed by atoms with E-state index in [0.717, 1.165) is 6.26 Å². The molecule has 1 aromatic rings. The highest BCUT2D eigenvalue weighted by Gasteiger charge is 2.32. The molecule has 0 amide bonds. The molecule has 0 bridgehead atoms. The third-order valence-corrected chi connectivity index (χ3v) is 3.77. The van der Waals surface area contributed by atoms with Crippen LogP contribution in [0.25, 0.3) is 5.57 Å². The Morgan fingerprint density at radius 3 is 2.17 bits per heavy atom. The van der Waals surface area contributed by atoms with Crippen molar-refractivity contribution in [3.63, 3.8) is 0 Å². The number of benzene rings is 1. The molecule has 0 aromatic heterocycles. The van der Waals surface area contributed by atoms with Crippen LogP contribution in [0, 0.1) is 0 Å². The number of methoxy groups -OCH3 is 1. The van der Waals surface area contributed by atoms with Gasteiger partial charge in [0.05, 0.1) is 7.11 Å². The van der Waals surface area contributed by atoms with Gasteiger partial charge in [-0.1, -0.05) is 18.7 Å². The van der Waals surface area contributed by atoms with Gasteiger partial charge >= 0.3 is 5.97 Å². The number of rotatable bonds is 5. The summed E-state index contributed by atoms with van der Waals surface area (Å²) in [6, 6.07) is 6.37. The van der Waals surface area contributed by atoms with Crippen LogP contribution in [0.4, 0.5) is 0 Å². The molecule has 0 saturated heterocycles. The highest BCUT2D eigenvalue weighted by atomic mass is 32.2. The highest BCUT2D eigenvalue weighted by Crippen LogP contribution is 2.23. The first-order valence-corrected chi connectivity index (χ1v) is 6.97. The number of ether oxygens (including phenoxy) is 1. The van der Waals surface area contributed by atoms with Crippen LogP contribution in [-0.2, 0) is 14.6 Å². The van der Waals surface area contributed by atoms with E-state index in [-0.39, 0.29) is 5.57 Å². The van der Waals surface area contributed by atoms with Crippen molar-refractivity contribution >= 4 is 21.4 Å². The molecule has 0 aliphatic carbocycles. The van der Waals surface area contributed by atoms with Crippen LogP contribution in [0.5, 0.6) is 5.75 Å². The van der Waals surface area contributed by atoms with Crippen LogP contribution in [0.15, 0.2) is 30.8 Å². The lowest BCUT2D eigenvalue weighted by atomic mass is 10.0. The van der Waals surface area contributed by atoms with E-state index in [1.165, 1.54) is 7.11 Å². The van der Waals surface area contributed by atoms with Gasteiger partial charge in [0.15, 0.2) is 15.1 Å². The number of carboxylic acid groups (broad SMARTS) is 1. The first-order valence-electron chi connectivity index (χ1n) is 5.02. The summed E-state index contributed by atoms with van der Waals surface area (Å²) in [6.45, 7) is 3.57. The number of sulfone groups is 1. The van der Waals surface area contributed by atoms with E-state index in [1.807, 2.05) is 0 Å². The van der Waals surface area contributed by atoms with Crippen molar-refractivity contribution < 1.29 is 23.1 Å². The molecular weight excluding hydrogens is 256 g/mol. The highest BCUT2D eigenvalue weighted by molar-refractivity contribution is 7.92. The summed E-state index contributed by atoms with van der Waals surface area (Å²) in [5.74, 6) is -0.837. The average Bonchev–Trinajstić information content (AvgIpc) is 2.26. The molecule has 5 nitrogen and oxygen atoms in total. The van der Waals surface area contributed by atoms with E-state index in [9.17, 15) is 13.2 Å². The second-order valence-electron chi connectivity index (χ2n) is 3.80. The van der Waals surface area contributed by atoms with Gasteiger partial charge in [0.25, 0.3) is 0 Å². The van der Waals surface area contributed by atoms with E-state index >= 15 is 0 Å². The van der Waals surface area contributed by atoms with Crippen molar-refractivity contribution in [3.8, 4) is 5.75 Å². The Hall–Kier alpha value is -1.82. The van der Waals surface area contributed by atoms with Crippen molar-refractivity contribution in [3.05, 3.63) is 36.4 Å². The normalized spacial score (nSPS) is 12.8. The third-order valence-electron chi connectivity index (χ3n) is 2.43. The summed E-state index contributed by atoms with van der Waals surface area (Å²) in [4.78, 5) is 11.0. The van der Waals surface area contributed by atoms with Gasteiger partial charge in [-0.2, -0.15) is 0 Å². The van der Waals surface area contributed by atoms with Crippen molar-refractivity contribution in [2.45, 2.75) is 5.25 Å². The molecule has 1 N–H and O–H groups in total. The van der Waals surface area contributed by atoms with Crippen LogP contribution in [0.3, 0.4) is 0 Å². The van der Waals surface area contributed by atoms with E-state index < -0.39 is 21.1 Å². The Kier molecular flexibility index (Phi) is 4.13. The minimum atomic E-state index is -3.76. The van der Waals surface area contributed by atoms with E-state index in [0.29, 0.717) is 11.3 Å². The van der Waals surface area contributed by atoms with Gasteiger partial charge in [-0.25, -0.2) is 8.42 Å².